The first-order valence-electron chi connectivity index (χ1n) is 7.80. The van der Waals surface area contributed by atoms with Crippen LogP contribution < -0.4 is 9.88 Å². The molecule has 0 spiro atoms. The minimum atomic E-state index is -4.48. The SMILES string of the molecule is COc1cc(C2=C(c3cc(F)c(S(N)(=O)=O)c(F)c3)CCC2)ccc1Cl. The standard InChI is InChI=1S/C18H16ClF2NO3S/c1-25-17-9-10(5-6-14(17)19)12-3-2-4-13(12)11-7-15(20)18(16(21)8-11)26(22,23)24/h5-9H,2-4H2,1H3,(H2,22,23,24). The minimum absolute atomic E-state index is 0.300. The number of allylic oxidation sites excluding steroid dienone is 2. The summed E-state index contributed by atoms with van der Waals surface area (Å²) in [6.45, 7) is 0. The number of methoxy groups -OCH3 is 1. The van der Waals surface area contributed by atoms with Crippen LogP contribution in [0.3, 0.4) is 0 Å². The normalized spacial score (nSPS) is 14.8. The summed E-state index contributed by atoms with van der Waals surface area (Å²) >= 11 is 6.05. The fraction of sp³-hybridized carbons (Fsp3) is 0.222. The molecule has 3 rings (SSSR count). The molecule has 2 aromatic carbocycles. The van der Waals surface area contributed by atoms with E-state index < -0.39 is 26.6 Å². The van der Waals surface area contributed by atoms with E-state index in [2.05, 4.69) is 0 Å². The van der Waals surface area contributed by atoms with Crippen LogP contribution >= 0.6 is 11.6 Å². The summed E-state index contributed by atoms with van der Waals surface area (Å²) in [5.41, 5.74) is 2.82. The van der Waals surface area contributed by atoms with Crippen LogP contribution in [0, 0.1) is 11.6 Å². The summed E-state index contributed by atoms with van der Waals surface area (Å²) in [6.07, 6.45) is 2.16. The third-order valence-electron chi connectivity index (χ3n) is 4.35. The van der Waals surface area contributed by atoms with Crippen LogP contribution in [0.15, 0.2) is 35.2 Å². The van der Waals surface area contributed by atoms with Crippen LogP contribution in [-0.2, 0) is 10.0 Å². The van der Waals surface area contributed by atoms with Gasteiger partial charge < -0.3 is 4.74 Å². The second-order valence-electron chi connectivity index (χ2n) is 5.97. The molecule has 1 aliphatic carbocycles. The van der Waals surface area contributed by atoms with Gasteiger partial charge in [-0.25, -0.2) is 22.3 Å². The van der Waals surface area contributed by atoms with Crippen molar-refractivity contribution in [1.82, 2.24) is 0 Å². The minimum Gasteiger partial charge on any atom is -0.495 e. The van der Waals surface area contributed by atoms with Gasteiger partial charge in [-0.3, -0.25) is 0 Å². The molecule has 0 aliphatic heterocycles. The predicted octanol–water partition coefficient (Wildman–Crippen LogP) is 4.37. The van der Waals surface area contributed by atoms with E-state index in [1.54, 1.807) is 12.1 Å². The first-order valence-corrected chi connectivity index (χ1v) is 9.73. The Morgan fingerprint density at radius 1 is 1.04 bits per heavy atom. The van der Waals surface area contributed by atoms with E-state index in [0.717, 1.165) is 41.7 Å². The van der Waals surface area contributed by atoms with E-state index in [0.29, 0.717) is 22.8 Å². The number of rotatable bonds is 4. The van der Waals surface area contributed by atoms with Crippen LogP contribution in [0.2, 0.25) is 5.02 Å². The third kappa shape index (κ3) is 3.47. The monoisotopic (exact) mass is 399 g/mol. The van der Waals surface area contributed by atoms with Gasteiger partial charge >= 0.3 is 0 Å². The molecule has 0 saturated heterocycles. The van der Waals surface area contributed by atoms with Crippen molar-refractivity contribution in [3.05, 3.63) is 58.1 Å². The number of benzene rings is 2. The average Bonchev–Trinajstić information content (AvgIpc) is 3.03. The molecule has 0 amide bonds. The van der Waals surface area contributed by atoms with Crippen molar-refractivity contribution in [2.24, 2.45) is 5.14 Å². The highest BCUT2D eigenvalue weighted by Crippen LogP contribution is 2.42. The van der Waals surface area contributed by atoms with Gasteiger partial charge in [0.15, 0.2) is 4.90 Å². The molecule has 0 bridgehead atoms. The first kappa shape index (κ1) is 18.8. The number of hydrogen-bond acceptors (Lipinski definition) is 3. The Balaban J connectivity index is 2.15. The molecule has 2 N–H and O–H groups in total. The van der Waals surface area contributed by atoms with Gasteiger partial charge in [0, 0.05) is 0 Å². The fourth-order valence-electron chi connectivity index (χ4n) is 3.23. The second kappa shape index (κ2) is 6.98. The Labute approximate surface area is 155 Å². The lowest BCUT2D eigenvalue weighted by atomic mass is 9.96. The molecule has 0 saturated carbocycles. The van der Waals surface area contributed by atoms with Crippen molar-refractivity contribution in [2.75, 3.05) is 7.11 Å². The van der Waals surface area contributed by atoms with E-state index in [1.807, 2.05) is 6.07 Å². The van der Waals surface area contributed by atoms with E-state index >= 15 is 0 Å². The summed E-state index contributed by atoms with van der Waals surface area (Å²) in [4.78, 5) is -1.12. The number of nitrogens with two attached hydrogens (primary N) is 1. The van der Waals surface area contributed by atoms with E-state index in [4.69, 9.17) is 21.5 Å². The maximum absolute atomic E-state index is 14.2. The molecule has 0 atom stereocenters. The summed E-state index contributed by atoms with van der Waals surface area (Å²) < 4.78 is 56.3. The quantitative estimate of drug-likeness (QED) is 0.830. The molecule has 0 aromatic heterocycles. The van der Waals surface area contributed by atoms with Gasteiger partial charge in [-0.1, -0.05) is 17.7 Å². The Morgan fingerprint density at radius 3 is 2.15 bits per heavy atom. The van der Waals surface area contributed by atoms with Crippen molar-refractivity contribution in [3.63, 3.8) is 0 Å². The summed E-state index contributed by atoms with van der Waals surface area (Å²) in [7, 11) is -2.98. The Hall–Kier alpha value is -1.96. The van der Waals surface area contributed by atoms with Crippen molar-refractivity contribution < 1.29 is 21.9 Å². The molecule has 8 heteroatoms. The Bertz CT molecular complexity index is 996. The fourth-order valence-corrected chi connectivity index (χ4v) is 4.09. The van der Waals surface area contributed by atoms with Crippen LogP contribution in [0.5, 0.6) is 5.75 Å². The molecule has 2 aromatic rings. The molecule has 0 radical (unpaired) electrons. The Kier molecular flexibility index (Phi) is 5.05. The van der Waals surface area contributed by atoms with Crippen molar-refractivity contribution >= 4 is 32.8 Å². The number of hydrogen-bond donors (Lipinski definition) is 1. The van der Waals surface area contributed by atoms with Gasteiger partial charge in [0.25, 0.3) is 0 Å². The maximum atomic E-state index is 14.2. The first-order chi connectivity index (χ1) is 12.2. The summed E-state index contributed by atoms with van der Waals surface area (Å²) in [5.74, 6) is -1.89. The van der Waals surface area contributed by atoms with Gasteiger partial charge in [0.05, 0.1) is 12.1 Å². The van der Waals surface area contributed by atoms with Crippen LogP contribution in [-0.4, -0.2) is 15.5 Å². The maximum Gasteiger partial charge on any atom is 0.243 e. The molecule has 0 unspecified atom stereocenters. The number of ether oxygens (including phenoxy) is 1. The third-order valence-corrected chi connectivity index (χ3v) is 5.62. The highest BCUT2D eigenvalue weighted by molar-refractivity contribution is 7.89. The number of sulfonamides is 1. The molecule has 4 nitrogen and oxygen atoms in total. The average molecular weight is 400 g/mol. The molecule has 0 heterocycles. The highest BCUT2D eigenvalue weighted by Gasteiger charge is 2.25. The molecule has 138 valence electrons. The number of primary sulfonamides is 1. The lowest BCUT2D eigenvalue weighted by molar-refractivity contribution is 0.415. The summed E-state index contributed by atoms with van der Waals surface area (Å²) in [6, 6.07) is 7.31. The van der Waals surface area contributed by atoms with Gasteiger partial charge in [-0.2, -0.15) is 0 Å². The predicted molar refractivity (Wildman–Crippen MR) is 96.4 cm³/mol. The molecule has 1 aliphatic rings. The van der Waals surface area contributed by atoms with E-state index in [-0.39, 0.29) is 0 Å². The smallest absolute Gasteiger partial charge is 0.243 e. The van der Waals surface area contributed by atoms with Crippen molar-refractivity contribution in [3.8, 4) is 5.75 Å². The molecule has 26 heavy (non-hydrogen) atoms. The van der Waals surface area contributed by atoms with Crippen molar-refractivity contribution in [2.45, 2.75) is 24.2 Å². The van der Waals surface area contributed by atoms with Gasteiger partial charge in [0.1, 0.15) is 17.4 Å². The summed E-state index contributed by atoms with van der Waals surface area (Å²) in [5, 5.41) is 5.34. The molecular formula is C18H16ClF2NO3S. The van der Waals surface area contributed by atoms with Crippen LogP contribution in [0.25, 0.3) is 11.1 Å². The topological polar surface area (TPSA) is 69.4 Å². The lowest BCUT2D eigenvalue weighted by Crippen LogP contribution is -2.16. The molecule has 0 fully saturated rings. The van der Waals surface area contributed by atoms with Crippen molar-refractivity contribution in [1.29, 1.82) is 0 Å². The second-order valence-corrected chi connectivity index (χ2v) is 7.88. The molecular weight excluding hydrogens is 384 g/mol. The zero-order valence-electron chi connectivity index (χ0n) is 13.9. The van der Waals surface area contributed by atoms with Gasteiger partial charge in [0.2, 0.25) is 10.0 Å². The highest BCUT2D eigenvalue weighted by atomic mass is 35.5. The largest absolute Gasteiger partial charge is 0.495 e. The lowest BCUT2D eigenvalue weighted by Gasteiger charge is -2.12. The zero-order valence-corrected chi connectivity index (χ0v) is 15.4. The van der Waals surface area contributed by atoms with Crippen LogP contribution in [0.4, 0.5) is 8.78 Å². The van der Waals surface area contributed by atoms with Gasteiger partial charge in [-0.05, 0) is 65.8 Å². The van der Waals surface area contributed by atoms with Crippen LogP contribution in [0.1, 0.15) is 30.4 Å². The van der Waals surface area contributed by atoms with E-state index in [1.165, 1.54) is 7.11 Å². The number of halogens is 3. The van der Waals surface area contributed by atoms with E-state index in [9.17, 15) is 17.2 Å². The zero-order chi connectivity index (χ0) is 19.1. The van der Waals surface area contributed by atoms with Gasteiger partial charge in [-0.15, -0.1) is 0 Å². The Morgan fingerprint density at radius 2 is 1.62 bits per heavy atom.